The quantitative estimate of drug-likeness (QED) is 0.381. The summed E-state index contributed by atoms with van der Waals surface area (Å²) in [5, 5.41) is 14.7. The van der Waals surface area contributed by atoms with E-state index in [0.29, 0.717) is 12.2 Å². The summed E-state index contributed by atoms with van der Waals surface area (Å²) in [6, 6.07) is 6.53. The van der Waals surface area contributed by atoms with Gasteiger partial charge in [-0.3, -0.25) is 10.1 Å². The Labute approximate surface area is 88.3 Å². The molecule has 0 saturated heterocycles. The van der Waals surface area contributed by atoms with E-state index >= 15 is 0 Å². The molecular weight excluding hydrogens is 192 g/mol. The second-order valence-electron chi connectivity index (χ2n) is 2.87. The molecule has 1 aromatic rings. The SMILES string of the molecule is C#CCNCC(=O)Nc1ccccc1O. The first-order chi connectivity index (χ1) is 7.24. The number of terminal acetylenes is 1. The molecule has 4 nitrogen and oxygen atoms in total. The summed E-state index contributed by atoms with van der Waals surface area (Å²) in [6.07, 6.45) is 5.01. The van der Waals surface area contributed by atoms with Crippen LogP contribution in [-0.4, -0.2) is 24.1 Å². The van der Waals surface area contributed by atoms with Crippen molar-refractivity contribution in [3.8, 4) is 18.1 Å². The van der Waals surface area contributed by atoms with E-state index in [2.05, 4.69) is 16.6 Å². The van der Waals surface area contributed by atoms with E-state index in [1.165, 1.54) is 6.07 Å². The summed E-state index contributed by atoms with van der Waals surface area (Å²) >= 11 is 0. The Balaban J connectivity index is 2.45. The molecule has 1 amide bonds. The molecule has 3 N–H and O–H groups in total. The maximum absolute atomic E-state index is 11.3. The van der Waals surface area contributed by atoms with Gasteiger partial charge in [0.1, 0.15) is 5.75 Å². The Hall–Kier alpha value is -1.99. The van der Waals surface area contributed by atoms with Gasteiger partial charge in [-0.1, -0.05) is 18.1 Å². The molecular formula is C11H12N2O2. The van der Waals surface area contributed by atoms with E-state index in [1.807, 2.05) is 0 Å². The predicted octanol–water partition coefficient (Wildman–Crippen LogP) is 0.553. The Kier molecular flexibility index (Phi) is 4.20. The van der Waals surface area contributed by atoms with Crippen molar-refractivity contribution in [2.45, 2.75) is 0 Å². The number of hydrogen-bond donors (Lipinski definition) is 3. The lowest BCUT2D eigenvalue weighted by atomic mass is 10.3. The minimum Gasteiger partial charge on any atom is -0.506 e. The number of phenols is 1. The molecule has 0 aliphatic rings. The molecule has 0 aromatic heterocycles. The molecule has 4 heteroatoms. The molecule has 0 fully saturated rings. The van der Waals surface area contributed by atoms with Gasteiger partial charge in [0.2, 0.25) is 5.91 Å². The van der Waals surface area contributed by atoms with Crippen molar-refractivity contribution in [2.75, 3.05) is 18.4 Å². The van der Waals surface area contributed by atoms with Crippen molar-refractivity contribution in [3.63, 3.8) is 0 Å². The van der Waals surface area contributed by atoms with Gasteiger partial charge < -0.3 is 10.4 Å². The first-order valence-electron chi connectivity index (χ1n) is 4.46. The van der Waals surface area contributed by atoms with Crippen LogP contribution in [0.2, 0.25) is 0 Å². The Morgan fingerprint density at radius 1 is 1.47 bits per heavy atom. The van der Waals surface area contributed by atoms with E-state index < -0.39 is 0 Å². The van der Waals surface area contributed by atoms with Crippen molar-refractivity contribution in [2.24, 2.45) is 0 Å². The maximum Gasteiger partial charge on any atom is 0.238 e. The third-order valence-corrected chi connectivity index (χ3v) is 1.69. The van der Waals surface area contributed by atoms with E-state index in [1.54, 1.807) is 18.2 Å². The summed E-state index contributed by atoms with van der Waals surface area (Å²) in [6.45, 7) is 0.465. The van der Waals surface area contributed by atoms with Gasteiger partial charge in [0.05, 0.1) is 18.8 Å². The van der Waals surface area contributed by atoms with E-state index in [9.17, 15) is 9.90 Å². The van der Waals surface area contributed by atoms with Crippen LogP contribution in [0.15, 0.2) is 24.3 Å². The first-order valence-corrected chi connectivity index (χ1v) is 4.46. The molecule has 1 rings (SSSR count). The first kappa shape index (κ1) is 11.1. The maximum atomic E-state index is 11.3. The van der Waals surface area contributed by atoms with Crippen LogP contribution in [-0.2, 0) is 4.79 Å². The highest BCUT2D eigenvalue weighted by Gasteiger charge is 2.03. The third kappa shape index (κ3) is 3.71. The van der Waals surface area contributed by atoms with Gasteiger partial charge in [0.15, 0.2) is 0 Å². The van der Waals surface area contributed by atoms with Gasteiger partial charge in [0.25, 0.3) is 0 Å². The van der Waals surface area contributed by atoms with Gasteiger partial charge in [0, 0.05) is 0 Å². The van der Waals surface area contributed by atoms with Crippen LogP contribution in [0.3, 0.4) is 0 Å². The molecule has 0 spiro atoms. The lowest BCUT2D eigenvalue weighted by Crippen LogP contribution is -2.28. The number of benzene rings is 1. The fraction of sp³-hybridized carbons (Fsp3) is 0.182. The van der Waals surface area contributed by atoms with Crippen LogP contribution in [0.5, 0.6) is 5.75 Å². The smallest absolute Gasteiger partial charge is 0.238 e. The van der Waals surface area contributed by atoms with Crippen molar-refractivity contribution in [1.82, 2.24) is 5.32 Å². The fourth-order valence-electron chi connectivity index (χ4n) is 1.02. The number of amides is 1. The lowest BCUT2D eigenvalue weighted by molar-refractivity contribution is -0.115. The zero-order valence-electron chi connectivity index (χ0n) is 8.16. The summed E-state index contributed by atoms with van der Waals surface area (Å²) in [4.78, 5) is 11.3. The molecule has 15 heavy (non-hydrogen) atoms. The van der Waals surface area contributed by atoms with Gasteiger partial charge in [-0.15, -0.1) is 6.42 Å². The summed E-state index contributed by atoms with van der Waals surface area (Å²) < 4.78 is 0. The van der Waals surface area contributed by atoms with Crippen LogP contribution < -0.4 is 10.6 Å². The second-order valence-corrected chi connectivity index (χ2v) is 2.87. The molecule has 0 bridgehead atoms. The normalized spacial score (nSPS) is 9.27. The monoisotopic (exact) mass is 204 g/mol. The number of rotatable bonds is 4. The van der Waals surface area contributed by atoms with Crippen molar-refractivity contribution >= 4 is 11.6 Å². The second kappa shape index (κ2) is 5.68. The van der Waals surface area contributed by atoms with Crippen LogP contribution in [0.1, 0.15) is 0 Å². The highest BCUT2D eigenvalue weighted by molar-refractivity contribution is 5.93. The predicted molar refractivity (Wildman–Crippen MR) is 58.4 cm³/mol. The largest absolute Gasteiger partial charge is 0.506 e. The molecule has 0 heterocycles. The minimum atomic E-state index is -0.244. The molecule has 1 aromatic carbocycles. The standard InChI is InChI=1S/C11H12N2O2/c1-2-7-12-8-11(15)13-9-5-3-4-6-10(9)14/h1,3-6,12,14H,7-8H2,(H,13,15). The highest BCUT2D eigenvalue weighted by Crippen LogP contribution is 2.20. The molecule has 0 saturated carbocycles. The number of aromatic hydroxyl groups is 1. The Bertz CT molecular complexity index is 382. The highest BCUT2D eigenvalue weighted by atomic mass is 16.3. The van der Waals surface area contributed by atoms with Crippen molar-refractivity contribution in [3.05, 3.63) is 24.3 Å². The zero-order chi connectivity index (χ0) is 11.1. The summed E-state index contributed by atoms with van der Waals surface area (Å²) in [7, 11) is 0. The number of nitrogens with one attached hydrogen (secondary N) is 2. The van der Waals surface area contributed by atoms with Crippen molar-refractivity contribution in [1.29, 1.82) is 0 Å². The number of carbonyl (C=O) groups is 1. The molecule has 0 radical (unpaired) electrons. The molecule has 0 aliphatic carbocycles. The van der Waals surface area contributed by atoms with Crippen molar-refractivity contribution < 1.29 is 9.90 Å². The summed E-state index contributed by atoms with van der Waals surface area (Å²) in [5.74, 6) is 2.16. The molecule has 0 aliphatic heterocycles. The number of para-hydroxylation sites is 2. The van der Waals surface area contributed by atoms with Gasteiger partial charge in [-0.05, 0) is 12.1 Å². The van der Waals surface area contributed by atoms with Crippen LogP contribution in [0, 0.1) is 12.3 Å². The van der Waals surface area contributed by atoms with Gasteiger partial charge >= 0.3 is 0 Å². The number of hydrogen-bond acceptors (Lipinski definition) is 3. The molecule has 0 atom stereocenters. The molecule has 0 unspecified atom stereocenters. The van der Waals surface area contributed by atoms with Crippen LogP contribution >= 0.6 is 0 Å². The third-order valence-electron chi connectivity index (χ3n) is 1.69. The number of anilines is 1. The zero-order valence-corrected chi connectivity index (χ0v) is 8.16. The Morgan fingerprint density at radius 3 is 2.87 bits per heavy atom. The number of phenolic OH excluding ortho intramolecular Hbond substituents is 1. The van der Waals surface area contributed by atoms with E-state index in [4.69, 9.17) is 6.42 Å². The van der Waals surface area contributed by atoms with Crippen LogP contribution in [0.25, 0.3) is 0 Å². The molecule has 78 valence electrons. The minimum absolute atomic E-state index is 0.0443. The number of carbonyl (C=O) groups excluding carboxylic acids is 1. The van der Waals surface area contributed by atoms with Gasteiger partial charge in [-0.2, -0.15) is 0 Å². The average molecular weight is 204 g/mol. The Morgan fingerprint density at radius 2 is 2.20 bits per heavy atom. The summed E-state index contributed by atoms with van der Waals surface area (Å²) in [5.41, 5.74) is 0.394. The van der Waals surface area contributed by atoms with Crippen LogP contribution in [0.4, 0.5) is 5.69 Å². The van der Waals surface area contributed by atoms with E-state index in [-0.39, 0.29) is 18.2 Å². The lowest BCUT2D eigenvalue weighted by Gasteiger charge is -2.06. The fourth-order valence-corrected chi connectivity index (χ4v) is 1.02. The topological polar surface area (TPSA) is 61.4 Å². The van der Waals surface area contributed by atoms with Gasteiger partial charge in [-0.25, -0.2) is 0 Å². The van der Waals surface area contributed by atoms with E-state index in [0.717, 1.165) is 0 Å². The average Bonchev–Trinajstić information content (AvgIpc) is 2.22.